The maximum Gasteiger partial charge on any atom is 0.343 e. The molecule has 3 rings (SSSR count). The number of rotatable bonds is 4. The van der Waals surface area contributed by atoms with Crippen molar-refractivity contribution in [3.63, 3.8) is 0 Å². The molecular weight excluding hydrogens is 316 g/mol. The number of hydrogen-bond acceptors (Lipinski definition) is 4. The summed E-state index contributed by atoms with van der Waals surface area (Å²) in [6.07, 6.45) is 0.839. The highest BCUT2D eigenvalue weighted by atomic mass is 16.5. The Morgan fingerprint density at radius 3 is 2.72 bits per heavy atom. The molecule has 0 radical (unpaired) electrons. The van der Waals surface area contributed by atoms with Gasteiger partial charge in [-0.1, -0.05) is 43.3 Å². The molecule has 0 spiro atoms. The van der Waals surface area contributed by atoms with Crippen LogP contribution >= 0.6 is 0 Å². The number of nitrogens with one attached hydrogen (secondary N) is 1. The van der Waals surface area contributed by atoms with Crippen molar-refractivity contribution in [2.45, 2.75) is 13.3 Å². The van der Waals surface area contributed by atoms with Crippen molar-refractivity contribution in [2.24, 2.45) is 0 Å². The number of benzene rings is 2. The summed E-state index contributed by atoms with van der Waals surface area (Å²) in [7, 11) is 3.18. The first kappa shape index (κ1) is 16.7. The Hall–Kier alpha value is -3.15. The lowest BCUT2D eigenvalue weighted by atomic mass is 10.0. The van der Waals surface area contributed by atoms with E-state index in [0.717, 1.165) is 23.1 Å². The average molecular weight is 336 g/mol. The minimum atomic E-state index is -0.331. The van der Waals surface area contributed by atoms with Crippen LogP contribution in [0.2, 0.25) is 0 Å². The number of aromatic nitrogens is 3. The number of amides is 1. The van der Waals surface area contributed by atoms with Gasteiger partial charge in [-0.25, -0.2) is 9.78 Å². The second-order valence-corrected chi connectivity index (χ2v) is 5.47. The SMILES string of the molecule is CCc1ccccc1-c1nc(-c2cccc(OC)c2)nn1C(=O)NC. The molecule has 0 unspecified atom stereocenters. The summed E-state index contributed by atoms with van der Waals surface area (Å²) in [4.78, 5) is 16.9. The quantitative estimate of drug-likeness (QED) is 0.793. The van der Waals surface area contributed by atoms with Gasteiger partial charge < -0.3 is 10.1 Å². The zero-order chi connectivity index (χ0) is 17.8. The molecular formula is C19H20N4O2. The Balaban J connectivity index is 2.17. The van der Waals surface area contributed by atoms with Gasteiger partial charge in [0.1, 0.15) is 5.75 Å². The fourth-order valence-electron chi connectivity index (χ4n) is 2.67. The Morgan fingerprint density at radius 1 is 1.20 bits per heavy atom. The van der Waals surface area contributed by atoms with E-state index in [4.69, 9.17) is 4.74 Å². The van der Waals surface area contributed by atoms with Crippen molar-refractivity contribution in [1.82, 2.24) is 20.1 Å². The van der Waals surface area contributed by atoms with E-state index >= 15 is 0 Å². The lowest BCUT2D eigenvalue weighted by Gasteiger charge is -2.07. The largest absolute Gasteiger partial charge is 0.497 e. The molecule has 1 N–H and O–H groups in total. The number of ether oxygens (including phenoxy) is 1. The molecule has 0 aliphatic carbocycles. The van der Waals surface area contributed by atoms with Crippen molar-refractivity contribution < 1.29 is 9.53 Å². The third kappa shape index (κ3) is 3.24. The number of nitrogens with zero attached hydrogens (tertiary/aromatic N) is 3. The predicted octanol–water partition coefficient (Wildman–Crippen LogP) is 3.37. The standard InChI is InChI=1S/C19H20N4O2/c1-4-13-8-5-6-11-16(13)18-21-17(22-23(18)19(24)20-2)14-9-7-10-15(12-14)25-3/h5-12H,4H2,1-3H3,(H,20,24). The van der Waals surface area contributed by atoms with Gasteiger partial charge in [-0.3, -0.25) is 0 Å². The van der Waals surface area contributed by atoms with Crippen LogP contribution in [0.3, 0.4) is 0 Å². The monoisotopic (exact) mass is 336 g/mol. The Bertz CT molecular complexity index is 902. The van der Waals surface area contributed by atoms with Crippen molar-refractivity contribution in [1.29, 1.82) is 0 Å². The normalized spacial score (nSPS) is 10.5. The summed E-state index contributed by atoms with van der Waals surface area (Å²) in [5, 5.41) is 7.03. The highest BCUT2D eigenvalue weighted by molar-refractivity contribution is 5.81. The minimum absolute atomic E-state index is 0.331. The first-order valence-electron chi connectivity index (χ1n) is 8.09. The first-order valence-corrected chi connectivity index (χ1v) is 8.09. The van der Waals surface area contributed by atoms with Crippen LogP contribution in [0.4, 0.5) is 4.79 Å². The molecule has 128 valence electrons. The van der Waals surface area contributed by atoms with Gasteiger partial charge >= 0.3 is 6.03 Å². The number of hydrogen-bond donors (Lipinski definition) is 1. The van der Waals surface area contributed by atoms with Gasteiger partial charge in [0.05, 0.1) is 7.11 Å². The Kier molecular flexibility index (Phi) is 4.79. The van der Waals surface area contributed by atoms with Crippen LogP contribution in [0.1, 0.15) is 12.5 Å². The molecule has 0 fully saturated rings. The third-order valence-electron chi connectivity index (χ3n) is 3.98. The molecule has 1 aromatic heterocycles. The van der Waals surface area contributed by atoms with Crippen LogP contribution in [0, 0.1) is 0 Å². The lowest BCUT2D eigenvalue weighted by molar-refractivity contribution is 0.242. The number of carbonyl (C=O) groups excluding carboxylic acids is 1. The second kappa shape index (κ2) is 7.17. The van der Waals surface area contributed by atoms with Gasteiger partial charge in [0.2, 0.25) is 0 Å². The summed E-state index contributed by atoms with van der Waals surface area (Å²) >= 11 is 0. The topological polar surface area (TPSA) is 69.0 Å². The molecule has 25 heavy (non-hydrogen) atoms. The number of aryl methyl sites for hydroxylation is 1. The average Bonchev–Trinajstić information content (AvgIpc) is 3.12. The summed E-state index contributed by atoms with van der Waals surface area (Å²) in [6, 6.07) is 15.0. The van der Waals surface area contributed by atoms with Crippen LogP contribution < -0.4 is 10.1 Å². The predicted molar refractivity (Wildman–Crippen MR) is 96.7 cm³/mol. The molecule has 0 atom stereocenters. The highest BCUT2D eigenvalue weighted by Crippen LogP contribution is 2.27. The van der Waals surface area contributed by atoms with E-state index in [-0.39, 0.29) is 6.03 Å². The molecule has 2 aromatic carbocycles. The Morgan fingerprint density at radius 2 is 2.00 bits per heavy atom. The van der Waals surface area contributed by atoms with Crippen LogP contribution in [-0.2, 0) is 6.42 Å². The molecule has 3 aromatic rings. The lowest BCUT2D eigenvalue weighted by Crippen LogP contribution is -2.26. The fourth-order valence-corrected chi connectivity index (χ4v) is 2.67. The maximum atomic E-state index is 12.3. The molecule has 0 aliphatic rings. The van der Waals surface area contributed by atoms with Crippen LogP contribution in [0.15, 0.2) is 48.5 Å². The van der Waals surface area contributed by atoms with E-state index in [1.807, 2.05) is 48.5 Å². The molecule has 0 saturated carbocycles. The van der Waals surface area contributed by atoms with E-state index in [0.29, 0.717) is 17.4 Å². The molecule has 6 heteroatoms. The van der Waals surface area contributed by atoms with Crippen molar-refractivity contribution >= 4 is 6.03 Å². The first-order chi connectivity index (χ1) is 12.2. The third-order valence-corrected chi connectivity index (χ3v) is 3.98. The fraction of sp³-hybridized carbons (Fsp3) is 0.211. The summed E-state index contributed by atoms with van der Waals surface area (Å²) in [5.74, 6) is 1.71. The van der Waals surface area contributed by atoms with Gasteiger partial charge in [0.15, 0.2) is 11.6 Å². The molecule has 6 nitrogen and oxygen atoms in total. The Labute approximate surface area is 146 Å². The summed E-state index contributed by atoms with van der Waals surface area (Å²) < 4.78 is 6.57. The zero-order valence-electron chi connectivity index (χ0n) is 14.5. The van der Waals surface area contributed by atoms with Crippen LogP contribution in [0.5, 0.6) is 5.75 Å². The molecule has 0 bridgehead atoms. The van der Waals surface area contributed by atoms with E-state index in [9.17, 15) is 4.79 Å². The second-order valence-electron chi connectivity index (χ2n) is 5.47. The smallest absolute Gasteiger partial charge is 0.343 e. The van der Waals surface area contributed by atoms with Crippen molar-refractivity contribution in [3.05, 3.63) is 54.1 Å². The van der Waals surface area contributed by atoms with Gasteiger partial charge in [-0.2, -0.15) is 4.68 Å². The molecule has 1 heterocycles. The van der Waals surface area contributed by atoms with Crippen molar-refractivity contribution in [2.75, 3.05) is 14.2 Å². The maximum absolute atomic E-state index is 12.3. The minimum Gasteiger partial charge on any atom is -0.497 e. The van der Waals surface area contributed by atoms with Crippen LogP contribution in [-0.4, -0.2) is 35.0 Å². The van der Waals surface area contributed by atoms with E-state index < -0.39 is 0 Å². The number of carbonyl (C=O) groups is 1. The van der Waals surface area contributed by atoms with Gasteiger partial charge in [0, 0.05) is 18.2 Å². The van der Waals surface area contributed by atoms with E-state index in [1.54, 1.807) is 14.2 Å². The molecule has 0 aliphatic heterocycles. The summed E-state index contributed by atoms with van der Waals surface area (Å²) in [5.41, 5.74) is 2.80. The summed E-state index contributed by atoms with van der Waals surface area (Å²) in [6.45, 7) is 2.07. The van der Waals surface area contributed by atoms with Gasteiger partial charge in [0.25, 0.3) is 0 Å². The van der Waals surface area contributed by atoms with Gasteiger partial charge in [-0.05, 0) is 24.1 Å². The van der Waals surface area contributed by atoms with E-state index in [2.05, 4.69) is 22.3 Å². The molecule has 1 amide bonds. The van der Waals surface area contributed by atoms with Crippen molar-refractivity contribution in [3.8, 4) is 28.5 Å². The molecule has 0 saturated heterocycles. The van der Waals surface area contributed by atoms with Gasteiger partial charge in [-0.15, -0.1) is 5.10 Å². The zero-order valence-corrected chi connectivity index (χ0v) is 14.5. The van der Waals surface area contributed by atoms with Crippen LogP contribution in [0.25, 0.3) is 22.8 Å². The van der Waals surface area contributed by atoms with E-state index in [1.165, 1.54) is 4.68 Å². The number of methoxy groups -OCH3 is 1. The highest BCUT2D eigenvalue weighted by Gasteiger charge is 2.19.